The summed E-state index contributed by atoms with van der Waals surface area (Å²) in [6, 6.07) is 11.4. The van der Waals surface area contributed by atoms with Crippen LogP contribution in [-0.2, 0) is 11.4 Å². The number of carboxylic acid groups (broad SMARTS) is 1. The predicted molar refractivity (Wildman–Crippen MR) is 94.9 cm³/mol. The van der Waals surface area contributed by atoms with Crippen LogP contribution in [0.4, 0.5) is 9.18 Å². The second kappa shape index (κ2) is 9.33. The number of rotatable bonds is 9. The minimum Gasteiger partial charge on any atom is -0.489 e. The Morgan fingerprint density at radius 2 is 1.78 bits per heavy atom. The van der Waals surface area contributed by atoms with Gasteiger partial charge in [-0.15, -0.1) is 0 Å². The summed E-state index contributed by atoms with van der Waals surface area (Å²) in [7, 11) is 0. The largest absolute Gasteiger partial charge is 0.489 e. The molecule has 8 heteroatoms. The molecule has 0 aliphatic carbocycles. The zero-order valence-electron chi connectivity index (χ0n) is 14.4. The van der Waals surface area contributed by atoms with Crippen molar-refractivity contribution in [2.75, 3.05) is 0 Å². The van der Waals surface area contributed by atoms with Gasteiger partial charge in [0.25, 0.3) is 0 Å². The van der Waals surface area contributed by atoms with E-state index in [1.165, 1.54) is 6.07 Å². The Bertz CT molecular complexity index is 823. The van der Waals surface area contributed by atoms with Crippen LogP contribution in [-0.4, -0.2) is 28.9 Å². The molecule has 0 aromatic heterocycles. The van der Waals surface area contributed by atoms with Gasteiger partial charge in [-0.2, -0.15) is 0 Å². The highest BCUT2D eigenvalue weighted by atomic mass is 19.1. The molecule has 0 saturated heterocycles. The maximum Gasteiger partial charge on any atom is 0.405 e. The zero-order valence-corrected chi connectivity index (χ0v) is 14.4. The molecule has 0 saturated carbocycles. The van der Waals surface area contributed by atoms with Gasteiger partial charge in [-0.1, -0.05) is 18.2 Å². The summed E-state index contributed by atoms with van der Waals surface area (Å²) in [6.45, 7) is 0.0567. The van der Waals surface area contributed by atoms with Gasteiger partial charge >= 0.3 is 6.09 Å². The molecule has 2 aromatic rings. The summed E-state index contributed by atoms with van der Waals surface area (Å²) in [5, 5.41) is 10.6. The van der Waals surface area contributed by atoms with E-state index in [1.807, 2.05) is 5.32 Å². The third-order valence-corrected chi connectivity index (χ3v) is 3.83. The third kappa shape index (κ3) is 6.10. The molecule has 1 unspecified atom stereocenters. The number of ketones is 1. The van der Waals surface area contributed by atoms with Crippen molar-refractivity contribution in [1.82, 2.24) is 5.32 Å². The number of Topliss-reactive ketones (excluding diaryl/α,β-unsaturated/α-hetero) is 1. The number of hydrogen-bond donors (Lipinski definition) is 3. The number of benzene rings is 2. The number of amides is 2. The Balaban J connectivity index is 1.90. The lowest BCUT2D eigenvalue weighted by Gasteiger charge is -2.12. The van der Waals surface area contributed by atoms with Crippen LogP contribution in [0.15, 0.2) is 48.5 Å². The van der Waals surface area contributed by atoms with Crippen LogP contribution in [0.1, 0.15) is 28.8 Å². The molecule has 7 nitrogen and oxygen atoms in total. The van der Waals surface area contributed by atoms with E-state index in [-0.39, 0.29) is 31.0 Å². The van der Waals surface area contributed by atoms with Crippen molar-refractivity contribution < 1.29 is 28.6 Å². The smallest absolute Gasteiger partial charge is 0.405 e. The maximum absolute atomic E-state index is 13.5. The highest BCUT2D eigenvalue weighted by Crippen LogP contribution is 2.17. The molecule has 2 amide bonds. The average Bonchev–Trinajstić information content (AvgIpc) is 2.64. The minimum atomic E-state index is -1.39. The fourth-order valence-electron chi connectivity index (χ4n) is 2.37. The van der Waals surface area contributed by atoms with E-state index < -0.39 is 18.0 Å². The second-order valence-corrected chi connectivity index (χ2v) is 5.77. The van der Waals surface area contributed by atoms with Gasteiger partial charge in [-0.3, -0.25) is 9.59 Å². The minimum absolute atomic E-state index is 0.0357. The number of ether oxygens (including phenoxy) is 1. The molecule has 0 bridgehead atoms. The first kappa shape index (κ1) is 19.9. The number of primary amides is 1. The number of carbonyl (C=O) groups is 3. The van der Waals surface area contributed by atoms with Crippen molar-refractivity contribution in [3.05, 3.63) is 65.5 Å². The van der Waals surface area contributed by atoms with E-state index in [9.17, 15) is 18.8 Å². The number of nitrogens with one attached hydrogen (secondary N) is 1. The average molecular weight is 374 g/mol. The van der Waals surface area contributed by atoms with Gasteiger partial charge in [-0.25, -0.2) is 9.18 Å². The number of carbonyl (C=O) groups excluding carboxylic acids is 2. The van der Waals surface area contributed by atoms with Crippen LogP contribution in [0.3, 0.4) is 0 Å². The van der Waals surface area contributed by atoms with Crippen molar-refractivity contribution in [2.45, 2.75) is 25.5 Å². The lowest BCUT2D eigenvalue weighted by molar-refractivity contribution is -0.120. The van der Waals surface area contributed by atoms with Crippen molar-refractivity contribution in [1.29, 1.82) is 0 Å². The number of halogens is 1. The van der Waals surface area contributed by atoms with E-state index in [1.54, 1.807) is 42.5 Å². The maximum atomic E-state index is 13.5. The Morgan fingerprint density at radius 3 is 2.37 bits per heavy atom. The predicted octanol–water partition coefficient (Wildman–Crippen LogP) is 2.49. The highest BCUT2D eigenvalue weighted by molar-refractivity contribution is 5.96. The Hall–Kier alpha value is -3.42. The van der Waals surface area contributed by atoms with Gasteiger partial charge < -0.3 is 20.9 Å². The lowest BCUT2D eigenvalue weighted by atomic mass is 10.0. The molecule has 2 rings (SSSR count). The van der Waals surface area contributed by atoms with Crippen molar-refractivity contribution in [2.24, 2.45) is 5.73 Å². The summed E-state index contributed by atoms with van der Waals surface area (Å²) < 4.78 is 19.0. The SMILES string of the molecule is NC(=O)C(CCC(=O)c1ccc(OCc2ccccc2F)cc1)NC(=O)O. The molecule has 0 aliphatic rings. The summed E-state index contributed by atoms with van der Waals surface area (Å²) in [5.74, 6) is -1.00. The molecule has 0 aliphatic heterocycles. The van der Waals surface area contributed by atoms with Crippen LogP contribution in [0.5, 0.6) is 5.75 Å². The molecular weight excluding hydrogens is 355 g/mol. The molecule has 0 radical (unpaired) electrons. The van der Waals surface area contributed by atoms with Crippen LogP contribution >= 0.6 is 0 Å². The fraction of sp³-hybridized carbons (Fsp3) is 0.211. The van der Waals surface area contributed by atoms with Crippen molar-refractivity contribution >= 4 is 17.8 Å². The van der Waals surface area contributed by atoms with Gasteiger partial charge in [-0.05, 0) is 36.8 Å². The first-order valence-corrected chi connectivity index (χ1v) is 8.15. The van der Waals surface area contributed by atoms with E-state index in [4.69, 9.17) is 15.6 Å². The first-order chi connectivity index (χ1) is 12.9. The summed E-state index contributed by atoms with van der Waals surface area (Å²) in [4.78, 5) is 34.0. The highest BCUT2D eigenvalue weighted by Gasteiger charge is 2.19. The van der Waals surface area contributed by atoms with Crippen LogP contribution in [0.25, 0.3) is 0 Å². The second-order valence-electron chi connectivity index (χ2n) is 5.77. The Labute approximate surface area is 154 Å². The lowest BCUT2D eigenvalue weighted by Crippen LogP contribution is -2.44. The van der Waals surface area contributed by atoms with Gasteiger partial charge in [0, 0.05) is 17.5 Å². The zero-order chi connectivity index (χ0) is 19.8. The molecule has 2 aromatic carbocycles. The van der Waals surface area contributed by atoms with E-state index in [2.05, 4.69) is 0 Å². The van der Waals surface area contributed by atoms with Crippen LogP contribution in [0.2, 0.25) is 0 Å². The molecule has 27 heavy (non-hydrogen) atoms. The first-order valence-electron chi connectivity index (χ1n) is 8.15. The molecule has 142 valence electrons. The van der Waals surface area contributed by atoms with E-state index in [0.717, 1.165) is 0 Å². The van der Waals surface area contributed by atoms with Gasteiger partial charge in [0.2, 0.25) is 5.91 Å². The van der Waals surface area contributed by atoms with Gasteiger partial charge in [0.15, 0.2) is 5.78 Å². The topological polar surface area (TPSA) is 119 Å². The summed E-state index contributed by atoms with van der Waals surface area (Å²) >= 11 is 0. The van der Waals surface area contributed by atoms with E-state index >= 15 is 0 Å². The Kier molecular flexibility index (Phi) is 6.87. The molecule has 0 heterocycles. The fourth-order valence-corrected chi connectivity index (χ4v) is 2.37. The molecular formula is C19H19FN2O5. The third-order valence-electron chi connectivity index (χ3n) is 3.83. The summed E-state index contributed by atoms with van der Waals surface area (Å²) in [5.41, 5.74) is 5.90. The summed E-state index contributed by atoms with van der Waals surface area (Å²) in [6.07, 6.45) is -1.47. The van der Waals surface area contributed by atoms with Gasteiger partial charge in [0.1, 0.15) is 24.2 Å². The quantitative estimate of drug-likeness (QED) is 0.583. The van der Waals surface area contributed by atoms with Crippen molar-refractivity contribution in [3.63, 3.8) is 0 Å². The number of hydrogen-bond acceptors (Lipinski definition) is 4. The molecule has 0 fully saturated rings. The van der Waals surface area contributed by atoms with Crippen LogP contribution in [0, 0.1) is 5.82 Å². The van der Waals surface area contributed by atoms with Gasteiger partial charge in [0.05, 0.1) is 0 Å². The number of nitrogens with two attached hydrogens (primary N) is 1. The molecule has 1 atom stereocenters. The van der Waals surface area contributed by atoms with Crippen molar-refractivity contribution in [3.8, 4) is 5.75 Å². The molecule has 4 N–H and O–H groups in total. The standard InChI is InChI=1S/C19H19FN2O5/c20-15-4-2-1-3-13(15)11-27-14-7-5-12(6-8-14)17(23)10-9-16(18(21)24)22-19(25)26/h1-8,16,22H,9-11H2,(H2,21,24)(H,25,26). The monoisotopic (exact) mass is 374 g/mol. The van der Waals surface area contributed by atoms with Crippen LogP contribution < -0.4 is 15.8 Å². The molecule has 0 spiro atoms. The normalized spacial score (nSPS) is 11.4. The van der Waals surface area contributed by atoms with E-state index in [0.29, 0.717) is 16.9 Å². The Morgan fingerprint density at radius 1 is 1.11 bits per heavy atom.